The van der Waals surface area contributed by atoms with E-state index in [9.17, 15) is 0 Å². The van der Waals surface area contributed by atoms with Crippen molar-refractivity contribution in [3.8, 4) is 0 Å². The molecule has 2 nitrogen and oxygen atoms in total. The van der Waals surface area contributed by atoms with Gasteiger partial charge in [-0.15, -0.1) is 11.3 Å². The van der Waals surface area contributed by atoms with Crippen molar-refractivity contribution >= 4 is 22.9 Å². The summed E-state index contributed by atoms with van der Waals surface area (Å²) < 4.78 is 0. The SMILES string of the molecule is CCCNC(c1sccc1Cl)C1CCc2cccnc21. The number of nitrogens with one attached hydrogen (secondary N) is 1. The lowest BCUT2D eigenvalue weighted by Gasteiger charge is -2.24. The summed E-state index contributed by atoms with van der Waals surface area (Å²) in [7, 11) is 0. The zero-order valence-electron chi connectivity index (χ0n) is 11.6. The Morgan fingerprint density at radius 2 is 2.40 bits per heavy atom. The van der Waals surface area contributed by atoms with E-state index in [2.05, 4.69) is 28.7 Å². The number of nitrogens with zero attached hydrogens (tertiary/aromatic N) is 1. The van der Waals surface area contributed by atoms with Gasteiger partial charge in [0.25, 0.3) is 0 Å². The quantitative estimate of drug-likeness (QED) is 0.875. The van der Waals surface area contributed by atoms with Crippen LogP contribution in [0.2, 0.25) is 5.02 Å². The molecule has 0 bridgehead atoms. The van der Waals surface area contributed by atoms with E-state index in [-0.39, 0.29) is 0 Å². The van der Waals surface area contributed by atoms with Gasteiger partial charge in [-0.05, 0) is 48.9 Å². The minimum atomic E-state index is 0.290. The molecular weight excluding hydrogens is 288 g/mol. The number of aromatic nitrogens is 1. The Labute approximate surface area is 129 Å². The highest BCUT2D eigenvalue weighted by Gasteiger charge is 2.33. The third-order valence-electron chi connectivity index (χ3n) is 3.95. The van der Waals surface area contributed by atoms with Crippen LogP contribution in [0.3, 0.4) is 0 Å². The molecule has 4 heteroatoms. The maximum atomic E-state index is 6.37. The molecule has 3 rings (SSSR count). The molecule has 0 radical (unpaired) electrons. The normalized spacial score (nSPS) is 19.0. The summed E-state index contributed by atoms with van der Waals surface area (Å²) in [6, 6.07) is 6.53. The average Bonchev–Trinajstić information content (AvgIpc) is 3.07. The van der Waals surface area contributed by atoms with Crippen molar-refractivity contribution in [1.29, 1.82) is 0 Å². The number of pyridine rings is 1. The van der Waals surface area contributed by atoms with Crippen molar-refractivity contribution in [1.82, 2.24) is 10.3 Å². The van der Waals surface area contributed by atoms with Gasteiger partial charge in [-0.25, -0.2) is 0 Å². The molecule has 2 atom stereocenters. The lowest BCUT2D eigenvalue weighted by Crippen LogP contribution is -2.27. The van der Waals surface area contributed by atoms with Crippen molar-refractivity contribution in [3.05, 3.63) is 50.9 Å². The number of aryl methyl sites for hydroxylation is 1. The van der Waals surface area contributed by atoms with E-state index in [1.807, 2.05) is 18.3 Å². The van der Waals surface area contributed by atoms with Crippen LogP contribution >= 0.6 is 22.9 Å². The highest BCUT2D eigenvalue weighted by Crippen LogP contribution is 2.43. The Bertz CT molecular complexity index is 581. The third-order valence-corrected chi connectivity index (χ3v) is 5.39. The molecule has 0 fully saturated rings. The zero-order chi connectivity index (χ0) is 13.9. The molecule has 1 N–H and O–H groups in total. The highest BCUT2D eigenvalue weighted by molar-refractivity contribution is 7.10. The Morgan fingerprint density at radius 3 is 3.15 bits per heavy atom. The lowest BCUT2D eigenvalue weighted by molar-refractivity contribution is 0.443. The van der Waals surface area contributed by atoms with E-state index in [1.165, 1.54) is 16.1 Å². The van der Waals surface area contributed by atoms with Crippen LogP contribution in [0, 0.1) is 0 Å². The summed E-state index contributed by atoms with van der Waals surface area (Å²) in [5.74, 6) is 0.439. The molecule has 106 valence electrons. The van der Waals surface area contributed by atoms with Crippen LogP contribution in [0.15, 0.2) is 29.8 Å². The van der Waals surface area contributed by atoms with E-state index < -0.39 is 0 Å². The summed E-state index contributed by atoms with van der Waals surface area (Å²) in [6.45, 7) is 3.21. The molecule has 2 heterocycles. The summed E-state index contributed by atoms with van der Waals surface area (Å²) >= 11 is 8.12. The predicted octanol–water partition coefficient (Wildman–Crippen LogP) is 4.57. The van der Waals surface area contributed by atoms with Crippen LogP contribution in [0.1, 0.15) is 47.9 Å². The van der Waals surface area contributed by atoms with E-state index in [0.29, 0.717) is 12.0 Å². The first kappa shape index (κ1) is 14.1. The summed E-state index contributed by atoms with van der Waals surface area (Å²) in [5, 5.41) is 6.64. The van der Waals surface area contributed by atoms with Gasteiger partial charge in [0.15, 0.2) is 0 Å². The Balaban J connectivity index is 1.93. The van der Waals surface area contributed by atoms with E-state index in [0.717, 1.165) is 30.8 Å². The van der Waals surface area contributed by atoms with Crippen LogP contribution in [-0.2, 0) is 6.42 Å². The first-order chi connectivity index (χ1) is 9.81. The Morgan fingerprint density at radius 1 is 1.50 bits per heavy atom. The maximum absolute atomic E-state index is 6.37. The highest BCUT2D eigenvalue weighted by atomic mass is 35.5. The number of fused-ring (bicyclic) bond motifs is 1. The third kappa shape index (κ3) is 2.62. The summed E-state index contributed by atoms with van der Waals surface area (Å²) in [6.07, 6.45) is 5.31. The van der Waals surface area contributed by atoms with Gasteiger partial charge >= 0.3 is 0 Å². The van der Waals surface area contributed by atoms with Gasteiger partial charge in [-0.3, -0.25) is 4.98 Å². The number of rotatable bonds is 5. The van der Waals surface area contributed by atoms with Crippen molar-refractivity contribution in [2.24, 2.45) is 0 Å². The van der Waals surface area contributed by atoms with E-state index in [1.54, 1.807) is 11.3 Å². The van der Waals surface area contributed by atoms with Crippen molar-refractivity contribution in [2.45, 2.75) is 38.1 Å². The fraction of sp³-hybridized carbons (Fsp3) is 0.438. The van der Waals surface area contributed by atoms with Gasteiger partial charge in [0.1, 0.15) is 0 Å². The second-order valence-corrected chi connectivity index (χ2v) is 6.61. The van der Waals surface area contributed by atoms with Gasteiger partial charge in [0, 0.05) is 22.7 Å². The monoisotopic (exact) mass is 306 g/mol. The number of hydrogen-bond acceptors (Lipinski definition) is 3. The van der Waals surface area contributed by atoms with Crippen LogP contribution in [0.5, 0.6) is 0 Å². The molecule has 0 aromatic carbocycles. The molecule has 1 aliphatic rings. The molecule has 2 aromatic heterocycles. The number of thiophene rings is 1. The minimum Gasteiger partial charge on any atom is -0.309 e. The van der Waals surface area contributed by atoms with Crippen LogP contribution in [0.25, 0.3) is 0 Å². The molecule has 1 aliphatic carbocycles. The van der Waals surface area contributed by atoms with E-state index >= 15 is 0 Å². The Kier molecular flexibility index (Phi) is 4.39. The second kappa shape index (κ2) is 6.25. The predicted molar refractivity (Wildman–Crippen MR) is 85.7 cm³/mol. The largest absolute Gasteiger partial charge is 0.309 e. The number of halogens is 1. The van der Waals surface area contributed by atoms with Crippen LogP contribution in [-0.4, -0.2) is 11.5 Å². The standard InChI is InChI=1S/C16H19ClN2S/c1-2-8-18-15(16-13(17)7-10-20-16)12-6-5-11-4-3-9-19-14(11)12/h3-4,7,9-10,12,15,18H,2,5-6,8H2,1H3. The summed E-state index contributed by atoms with van der Waals surface area (Å²) in [5.41, 5.74) is 2.65. The molecule has 20 heavy (non-hydrogen) atoms. The molecule has 2 unspecified atom stereocenters. The van der Waals surface area contributed by atoms with Crippen molar-refractivity contribution < 1.29 is 0 Å². The van der Waals surface area contributed by atoms with Gasteiger partial charge in [0.05, 0.1) is 11.1 Å². The lowest BCUT2D eigenvalue weighted by atomic mass is 9.95. The first-order valence-corrected chi connectivity index (χ1v) is 8.47. The van der Waals surface area contributed by atoms with Gasteiger partial charge < -0.3 is 5.32 Å². The topological polar surface area (TPSA) is 24.9 Å². The fourth-order valence-electron chi connectivity index (χ4n) is 3.01. The molecule has 0 saturated carbocycles. The zero-order valence-corrected chi connectivity index (χ0v) is 13.2. The van der Waals surface area contributed by atoms with Gasteiger partial charge in [-0.2, -0.15) is 0 Å². The molecular formula is C16H19ClN2S. The van der Waals surface area contributed by atoms with Crippen LogP contribution in [0.4, 0.5) is 0 Å². The average molecular weight is 307 g/mol. The molecule has 0 aliphatic heterocycles. The van der Waals surface area contributed by atoms with Crippen LogP contribution < -0.4 is 5.32 Å². The molecule has 0 saturated heterocycles. The van der Waals surface area contributed by atoms with Crippen molar-refractivity contribution in [3.63, 3.8) is 0 Å². The van der Waals surface area contributed by atoms with Gasteiger partial charge in [0.2, 0.25) is 0 Å². The fourth-order valence-corrected chi connectivity index (χ4v) is 4.33. The minimum absolute atomic E-state index is 0.290. The second-order valence-electron chi connectivity index (χ2n) is 5.26. The van der Waals surface area contributed by atoms with Crippen molar-refractivity contribution in [2.75, 3.05) is 6.54 Å². The maximum Gasteiger partial charge on any atom is 0.0561 e. The number of hydrogen-bond donors (Lipinski definition) is 1. The molecule has 0 amide bonds. The van der Waals surface area contributed by atoms with E-state index in [4.69, 9.17) is 11.6 Å². The van der Waals surface area contributed by atoms with Gasteiger partial charge in [-0.1, -0.05) is 24.6 Å². The molecule has 0 spiro atoms. The Hall–Kier alpha value is -0.900. The smallest absolute Gasteiger partial charge is 0.0561 e. The molecule has 2 aromatic rings. The summed E-state index contributed by atoms with van der Waals surface area (Å²) in [4.78, 5) is 5.88. The first-order valence-electron chi connectivity index (χ1n) is 7.21.